The Morgan fingerprint density at radius 3 is 1.88 bits per heavy atom. The molecule has 0 aromatic heterocycles. The van der Waals surface area contributed by atoms with Gasteiger partial charge in [-0.05, 0) is 55.3 Å². The van der Waals surface area contributed by atoms with Gasteiger partial charge in [0.15, 0.2) is 13.2 Å². The number of carbonyl (C=O) groups is 2. The third-order valence-corrected chi connectivity index (χ3v) is 3.58. The Morgan fingerprint density at radius 2 is 1.35 bits per heavy atom. The van der Waals surface area contributed by atoms with Crippen LogP contribution >= 0.6 is 0 Å². The quantitative estimate of drug-likeness (QED) is 0.724. The lowest BCUT2D eigenvalue weighted by molar-refractivity contribution is -0.123. The Bertz CT molecular complexity index is 712. The summed E-state index contributed by atoms with van der Waals surface area (Å²) in [6, 6.07) is 14.5. The van der Waals surface area contributed by atoms with Crippen LogP contribution in [0.4, 0.5) is 5.69 Å². The van der Waals surface area contributed by atoms with E-state index < -0.39 is 0 Å². The number of rotatable bonds is 9. The lowest BCUT2D eigenvalue weighted by Gasteiger charge is -2.09. The molecular weight excluding hydrogens is 332 g/mol. The van der Waals surface area contributed by atoms with E-state index >= 15 is 0 Å². The summed E-state index contributed by atoms with van der Waals surface area (Å²) < 4.78 is 10.8. The summed E-state index contributed by atoms with van der Waals surface area (Å²) >= 11 is 0. The summed E-state index contributed by atoms with van der Waals surface area (Å²) in [6.45, 7) is 4.39. The van der Waals surface area contributed by atoms with Gasteiger partial charge in [0.05, 0.1) is 0 Å². The van der Waals surface area contributed by atoms with Crippen LogP contribution in [0.2, 0.25) is 0 Å². The monoisotopic (exact) mass is 356 g/mol. The second kappa shape index (κ2) is 10.1. The van der Waals surface area contributed by atoms with Crippen molar-refractivity contribution in [2.24, 2.45) is 0 Å². The van der Waals surface area contributed by atoms with E-state index in [0.717, 1.165) is 6.42 Å². The van der Waals surface area contributed by atoms with E-state index in [1.54, 1.807) is 24.3 Å². The van der Waals surface area contributed by atoms with Crippen molar-refractivity contribution < 1.29 is 19.1 Å². The van der Waals surface area contributed by atoms with Gasteiger partial charge < -0.3 is 20.1 Å². The number of hydrogen-bond donors (Lipinski definition) is 2. The molecule has 6 nitrogen and oxygen atoms in total. The summed E-state index contributed by atoms with van der Waals surface area (Å²) in [5.41, 5.74) is 1.85. The number of amides is 2. The van der Waals surface area contributed by atoms with Gasteiger partial charge in [-0.2, -0.15) is 0 Å². The summed E-state index contributed by atoms with van der Waals surface area (Å²) in [7, 11) is 0. The number of carbonyl (C=O) groups excluding carboxylic acids is 2. The number of likely N-dealkylation sites (N-methyl/N-ethyl adjacent to an activating group) is 1. The third-order valence-electron chi connectivity index (χ3n) is 3.58. The van der Waals surface area contributed by atoms with Gasteiger partial charge in [-0.1, -0.05) is 19.1 Å². The number of nitrogens with one attached hydrogen (secondary N) is 2. The highest BCUT2D eigenvalue weighted by Crippen LogP contribution is 2.16. The largest absolute Gasteiger partial charge is 0.484 e. The molecule has 0 aliphatic heterocycles. The Balaban J connectivity index is 1.76. The molecule has 0 heterocycles. The van der Waals surface area contributed by atoms with Crippen LogP contribution in [0, 0.1) is 0 Å². The van der Waals surface area contributed by atoms with E-state index in [1.165, 1.54) is 5.56 Å². The molecule has 0 spiro atoms. The summed E-state index contributed by atoms with van der Waals surface area (Å²) in [4.78, 5) is 23.3. The highest BCUT2D eigenvalue weighted by atomic mass is 16.5. The van der Waals surface area contributed by atoms with Crippen LogP contribution in [0.5, 0.6) is 11.5 Å². The van der Waals surface area contributed by atoms with Crippen molar-refractivity contribution in [2.75, 3.05) is 25.1 Å². The van der Waals surface area contributed by atoms with Crippen LogP contribution in [0.15, 0.2) is 48.5 Å². The van der Waals surface area contributed by atoms with E-state index in [4.69, 9.17) is 9.47 Å². The normalized spacial score (nSPS) is 10.1. The topological polar surface area (TPSA) is 76.7 Å². The fourth-order valence-electron chi connectivity index (χ4n) is 2.20. The SMILES string of the molecule is CCNC(=O)COc1ccc(NC(=O)COc2ccc(CC)cc2)cc1. The van der Waals surface area contributed by atoms with Gasteiger partial charge in [-0.3, -0.25) is 9.59 Å². The number of anilines is 1. The third kappa shape index (κ3) is 6.47. The van der Waals surface area contributed by atoms with Crippen LogP contribution in [0.25, 0.3) is 0 Å². The maximum atomic E-state index is 12.0. The van der Waals surface area contributed by atoms with Crippen LogP contribution in [0.3, 0.4) is 0 Å². The molecule has 2 aromatic rings. The molecule has 26 heavy (non-hydrogen) atoms. The first kappa shape index (κ1) is 19.3. The van der Waals surface area contributed by atoms with Gasteiger partial charge in [-0.25, -0.2) is 0 Å². The molecule has 0 unspecified atom stereocenters. The molecule has 0 aliphatic rings. The number of benzene rings is 2. The van der Waals surface area contributed by atoms with E-state index in [1.807, 2.05) is 31.2 Å². The Kier molecular flexibility index (Phi) is 7.49. The molecule has 138 valence electrons. The predicted molar refractivity (Wildman–Crippen MR) is 101 cm³/mol. The van der Waals surface area contributed by atoms with Crippen LogP contribution in [0.1, 0.15) is 19.4 Å². The Hall–Kier alpha value is -3.02. The highest BCUT2D eigenvalue weighted by molar-refractivity contribution is 5.91. The van der Waals surface area contributed by atoms with Crippen molar-refractivity contribution >= 4 is 17.5 Å². The zero-order valence-electron chi connectivity index (χ0n) is 15.1. The number of aryl methyl sites for hydroxylation is 1. The Labute approximate surface area is 153 Å². The molecule has 0 bridgehead atoms. The van der Waals surface area contributed by atoms with Gasteiger partial charge >= 0.3 is 0 Å². The van der Waals surface area contributed by atoms with Crippen LogP contribution < -0.4 is 20.1 Å². The molecule has 0 radical (unpaired) electrons. The van der Waals surface area contributed by atoms with E-state index in [9.17, 15) is 9.59 Å². The average molecular weight is 356 g/mol. The molecule has 0 atom stereocenters. The van der Waals surface area contributed by atoms with Crippen molar-refractivity contribution in [3.8, 4) is 11.5 Å². The van der Waals surface area contributed by atoms with Crippen molar-refractivity contribution in [3.63, 3.8) is 0 Å². The van der Waals surface area contributed by atoms with Crippen LogP contribution in [-0.2, 0) is 16.0 Å². The fourth-order valence-corrected chi connectivity index (χ4v) is 2.20. The first-order chi connectivity index (χ1) is 12.6. The smallest absolute Gasteiger partial charge is 0.262 e. The second-order valence-electron chi connectivity index (χ2n) is 5.60. The summed E-state index contributed by atoms with van der Waals surface area (Å²) in [6.07, 6.45) is 0.962. The zero-order chi connectivity index (χ0) is 18.8. The second-order valence-corrected chi connectivity index (χ2v) is 5.60. The molecule has 2 rings (SSSR count). The van der Waals surface area contributed by atoms with E-state index in [2.05, 4.69) is 17.6 Å². The first-order valence-corrected chi connectivity index (χ1v) is 8.62. The molecule has 0 aliphatic carbocycles. The van der Waals surface area contributed by atoms with Gasteiger partial charge in [0, 0.05) is 12.2 Å². The number of ether oxygens (including phenoxy) is 2. The van der Waals surface area contributed by atoms with Crippen molar-refractivity contribution in [1.29, 1.82) is 0 Å². The molecule has 6 heteroatoms. The van der Waals surface area contributed by atoms with Gasteiger partial charge in [-0.15, -0.1) is 0 Å². The molecule has 2 amide bonds. The van der Waals surface area contributed by atoms with Crippen molar-refractivity contribution in [1.82, 2.24) is 5.32 Å². The van der Waals surface area contributed by atoms with Crippen molar-refractivity contribution in [2.45, 2.75) is 20.3 Å². The summed E-state index contributed by atoms with van der Waals surface area (Å²) in [5, 5.41) is 5.40. The van der Waals surface area contributed by atoms with Gasteiger partial charge in [0.2, 0.25) is 0 Å². The van der Waals surface area contributed by atoms with E-state index in [0.29, 0.717) is 23.7 Å². The average Bonchev–Trinajstić information content (AvgIpc) is 2.66. The molecule has 2 N–H and O–H groups in total. The van der Waals surface area contributed by atoms with E-state index in [-0.39, 0.29) is 25.0 Å². The highest BCUT2D eigenvalue weighted by Gasteiger charge is 2.05. The fraction of sp³-hybridized carbons (Fsp3) is 0.300. The van der Waals surface area contributed by atoms with Gasteiger partial charge in [0.25, 0.3) is 11.8 Å². The minimum atomic E-state index is -0.249. The minimum absolute atomic E-state index is 0.0375. The maximum absolute atomic E-state index is 12.0. The maximum Gasteiger partial charge on any atom is 0.262 e. The summed E-state index contributed by atoms with van der Waals surface area (Å²) in [5.74, 6) is 0.794. The van der Waals surface area contributed by atoms with Crippen molar-refractivity contribution in [3.05, 3.63) is 54.1 Å². The van der Waals surface area contributed by atoms with Crippen LogP contribution in [-0.4, -0.2) is 31.6 Å². The first-order valence-electron chi connectivity index (χ1n) is 8.62. The Morgan fingerprint density at radius 1 is 0.808 bits per heavy atom. The number of hydrogen-bond acceptors (Lipinski definition) is 4. The molecule has 0 saturated heterocycles. The lowest BCUT2D eigenvalue weighted by Crippen LogP contribution is -2.28. The standard InChI is InChI=1S/C20H24N2O4/c1-3-15-5-9-17(10-6-15)26-14-20(24)22-16-7-11-18(12-8-16)25-13-19(23)21-4-2/h5-12H,3-4,13-14H2,1-2H3,(H,21,23)(H,22,24). The molecule has 0 saturated carbocycles. The molecular formula is C20H24N2O4. The minimum Gasteiger partial charge on any atom is -0.484 e. The molecule has 2 aromatic carbocycles. The zero-order valence-corrected chi connectivity index (χ0v) is 15.1. The predicted octanol–water partition coefficient (Wildman–Crippen LogP) is 2.78. The lowest BCUT2D eigenvalue weighted by atomic mass is 10.2. The van der Waals surface area contributed by atoms with Gasteiger partial charge in [0.1, 0.15) is 11.5 Å². The molecule has 0 fully saturated rings.